The summed E-state index contributed by atoms with van der Waals surface area (Å²) in [6.45, 7) is 6.58. The number of aromatic nitrogens is 2. The first kappa shape index (κ1) is 13.9. The molecule has 0 saturated heterocycles. The predicted octanol–water partition coefficient (Wildman–Crippen LogP) is 2.97. The second kappa shape index (κ2) is 8.96. The van der Waals surface area contributed by atoms with Gasteiger partial charge in [0.25, 0.3) is 0 Å². The highest BCUT2D eigenvalue weighted by Gasteiger charge is 2.01. The maximum atomic E-state index is 4.43. The van der Waals surface area contributed by atoms with Crippen LogP contribution in [0.5, 0.6) is 0 Å². The molecule has 0 atom stereocenters. The molecule has 0 aliphatic rings. The summed E-state index contributed by atoms with van der Waals surface area (Å²) in [5, 5.41) is 3.41. The van der Waals surface area contributed by atoms with E-state index in [1.54, 1.807) is 0 Å². The molecule has 0 unspecified atom stereocenters. The molecular weight excluding hydrogens is 238 g/mol. The lowest BCUT2D eigenvalue weighted by atomic mass is 10.3. The largest absolute Gasteiger partial charge is 0.317 e. The molecule has 1 heterocycles. The third-order valence-electron chi connectivity index (χ3n) is 2.17. The summed E-state index contributed by atoms with van der Waals surface area (Å²) >= 11 is 3.37. The highest BCUT2D eigenvalue weighted by atomic mass is 32.2. The molecule has 0 fully saturated rings. The fourth-order valence-corrected chi connectivity index (χ4v) is 3.02. The van der Waals surface area contributed by atoms with Crippen molar-refractivity contribution < 1.29 is 0 Å². The molecule has 0 aliphatic heterocycles. The molecule has 0 radical (unpaired) electrons. The molecule has 0 saturated carbocycles. The predicted molar refractivity (Wildman–Crippen MR) is 72.4 cm³/mol. The van der Waals surface area contributed by atoms with Gasteiger partial charge >= 0.3 is 0 Å². The van der Waals surface area contributed by atoms with E-state index in [0.29, 0.717) is 0 Å². The van der Waals surface area contributed by atoms with Gasteiger partial charge in [0.15, 0.2) is 4.34 Å². The van der Waals surface area contributed by atoms with Crippen LogP contribution in [0.3, 0.4) is 0 Å². The third kappa shape index (κ3) is 5.82. The molecule has 1 aromatic heterocycles. The Morgan fingerprint density at radius 1 is 1.25 bits per heavy atom. The average molecular weight is 259 g/mol. The zero-order valence-corrected chi connectivity index (χ0v) is 11.8. The van der Waals surface area contributed by atoms with E-state index in [1.807, 2.05) is 11.8 Å². The van der Waals surface area contributed by atoms with Crippen LogP contribution >= 0.6 is 23.3 Å². The second-order valence-corrected chi connectivity index (χ2v) is 5.73. The highest BCUT2D eigenvalue weighted by molar-refractivity contribution is 8.00. The van der Waals surface area contributed by atoms with Crippen LogP contribution in [0.25, 0.3) is 0 Å². The van der Waals surface area contributed by atoms with Gasteiger partial charge in [-0.05, 0) is 43.9 Å². The van der Waals surface area contributed by atoms with E-state index >= 15 is 0 Å². The molecule has 0 aromatic carbocycles. The van der Waals surface area contributed by atoms with Crippen molar-refractivity contribution in [2.75, 3.05) is 18.8 Å². The number of aryl methyl sites for hydroxylation is 1. The first-order valence-electron chi connectivity index (χ1n) is 6.03. The second-order valence-electron chi connectivity index (χ2n) is 3.64. The third-order valence-corrected chi connectivity index (χ3v) is 4.12. The molecule has 1 aromatic rings. The van der Waals surface area contributed by atoms with Crippen molar-refractivity contribution in [3.05, 3.63) is 5.82 Å². The summed E-state index contributed by atoms with van der Waals surface area (Å²) in [5.41, 5.74) is 0. The van der Waals surface area contributed by atoms with Gasteiger partial charge < -0.3 is 5.32 Å². The molecule has 0 bridgehead atoms. The van der Waals surface area contributed by atoms with Gasteiger partial charge in [-0.25, -0.2) is 4.98 Å². The lowest BCUT2D eigenvalue weighted by Gasteiger charge is -2.01. The van der Waals surface area contributed by atoms with Crippen molar-refractivity contribution in [1.82, 2.24) is 14.7 Å². The molecule has 3 nitrogen and oxygen atoms in total. The van der Waals surface area contributed by atoms with E-state index in [-0.39, 0.29) is 0 Å². The minimum Gasteiger partial charge on any atom is -0.317 e. The summed E-state index contributed by atoms with van der Waals surface area (Å²) < 4.78 is 5.39. The van der Waals surface area contributed by atoms with Crippen LogP contribution in [0.4, 0.5) is 0 Å². The van der Waals surface area contributed by atoms with E-state index in [2.05, 4.69) is 28.5 Å². The normalized spacial score (nSPS) is 10.9. The van der Waals surface area contributed by atoms with Crippen molar-refractivity contribution in [2.45, 2.75) is 43.9 Å². The van der Waals surface area contributed by atoms with Gasteiger partial charge in [0.05, 0.1) is 0 Å². The van der Waals surface area contributed by atoms with Crippen LogP contribution in [0.15, 0.2) is 4.34 Å². The maximum Gasteiger partial charge on any atom is 0.170 e. The molecule has 0 amide bonds. The zero-order valence-electron chi connectivity index (χ0n) is 10.2. The first-order valence-corrected chi connectivity index (χ1v) is 7.78. The van der Waals surface area contributed by atoms with Gasteiger partial charge in [0, 0.05) is 12.2 Å². The number of hydrogen-bond acceptors (Lipinski definition) is 5. The molecule has 0 spiro atoms. The van der Waals surface area contributed by atoms with Gasteiger partial charge in [-0.1, -0.05) is 25.6 Å². The van der Waals surface area contributed by atoms with Crippen molar-refractivity contribution in [1.29, 1.82) is 0 Å². The number of unbranched alkanes of at least 4 members (excludes halogenated alkanes) is 1. The quantitative estimate of drug-likeness (QED) is 0.546. The monoisotopic (exact) mass is 259 g/mol. The van der Waals surface area contributed by atoms with E-state index in [1.165, 1.54) is 30.8 Å². The Balaban J connectivity index is 1.98. The van der Waals surface area contributed by atoms with Crippen molar-refractivity contribution in [3.63, 3.8) is 0 Å². The van der Waals surface area contributed by atoms with Crippen LogP contribution < -0.4 is 5.32 Å². The Kier molecular flexibility index (Phi) is 7.80. The van der Waals surface area contributed by atoms with Crippen LogP contribution in [-0.2, 0) is 6.42 Å². The average Bonchev–Trinajstić information content (AvgIpc) is 2.76. The van der Waals surface area contributed by atoms with Crippen molar-refractivity contribution >= 4 is 23.3 Å². The maximum absolute atomic E-state index is 4.43. The van der Waals surface area contributed by atoms with Crippen molar-refractivity contribution in [2.24, 2.45) is 0 Å². The number of hydrogen-bond donors (Lipinski definition) is 1. The smallest absolute Gasteiger partial charge is 0.170 e. The Morgan fingerprint density at radius 3 is 2.81 bits per heavy atom. The highest BCUT2D eigenvalue weighted by Crippen LogP contribution is 2.21. The number of nitrogens with zero attached hydrogens (tertiary/aromatic N) is 2. The van der Waals surface area contributed by atoms with Crippen LogP contribution in [0.1, 0.15) is 38.9 Å². The van der Waals surface area contributed by atoms with Crippen LogP contribution in [0.2, 0.25) is 0 Å². The van der Waals surface area contributed by atoms with Gasteiger partial charge in [0.1, 0.15) is 5.82 Å². The number of rotatable bonds is 9. The summed E-state index contributed by atoms with van der Waals surface area (Å²) in [6, 6.07) is 0. The minimum atomic E-state index is 0.942. The number of nitrogens with one attached hydrogen (secondary N) is 1. The first-order chi connectivity index (χ1) is 7.86. The van der Waals surface area contributed by atoms with Gasteiger partial charge in [-0.15, -0.1) is 0 Å². The van der Waals surface area contributed by atoms with Crippen LogP contribution in [0, 0.1) is 0 Å². The van der Waals surface area contributed by atoms with Gasteiger partial charge in [-0.3, -0.25) is 0 Å². The van der Waals surface area contributed by atoms with Gasteiger partial charge in [-0.2, -0.15) is 4.37 Å². The van der Waals surface area contributed by atoms with E-state index in [4.69, 9.17) is 0 Å². The zero-order chi connectivity index (χ0) is 11.6. The Labute approximate surface area is 107 Å². The fraction of sp³-hybridized carbons (Fsp3) is 0.818. The summed E-state index contributed by atoms with van der Waals surface area (Å²) in [7, 11) is 0. The Hall–Kier alpha value is -0.130. The summed E-state index contributed by atoms with van der Waals surface area (Å²) in [6.07, 6.45) is 4.67. The van der Waals surface area contributed by atoms with Crippen LogP contribution in [-0.4, -0.2) is 28.2 Å². The van der Waals surface area contributed by atoms with Crippen molar-refractivity contribution in [3.8, 4) is 0 Å². The molecule has 1 N–H and O–H groups in total. The van der Waals surface area contributed by atoms with E-state index in [0.717, 1.165) is 35.4 Å². The Bertz CT molecular complexity index is 276. The summed E-state index contributed by atoms with van der Waals surface area (Å²) in [4.78, 5) is 4.43. The lowest BCUT2D eigenvalue weighted by Crippen LogP contribution is -2.15. The fourth-order valence-electron chi connectivity index (χ4n) is 1.25. The van der Waals surface area contributed by atoms with Gasteiger partial charge in [0.2, 0.25) is 0 Å². The van der Waals surface area contributed by atoms with E-state index in [9.17, 15) is 0 Å². The standard InChI is InChI=1S/C11H21N3S2/c1-3-7-12-8-5-6-9-15-11-13-10(4-2)14-16-11/h12H,3-9H2,1-2H3. The minimum absolute atomic E-state index is 0.942. The molecular formula is C11H21N3S2. The molecule has 0 aliphatic carbocycles. The molecule has 5 heteroatoms. The molecule has 1 rings (SSSR count). The Morgan fingerprint density at radius 2 is 2.12 bits per heavy atom. The van der Waals surface area contributed by atoms with E-state index < -0.39 is 0 Å². The molecule has 92 valence electrons. The molecule has 16 heavy (non-hydrogen) atoms. The SMILES string of the molecule is CCCNCCCCSc1nc(CC)ns1. The topological polar surface area (TPSA) is 37.8 Å². The summed E-state index contributed by atoms with van der Waals surface area (Å²) in [5.74, 6) is 2.14. The lowest BCUT2D eigenvalue weighted by molar-refractivity contribution is 0.635. The number of thioether (sulfide) groups is 1.